The van der Waals surface area contributed by atoms with Crippen molar-refractivity contribution in [2.45, 2.75) is 18.8 Å². The molecule has 0 saturated carbocycles. The maximum Gasteiger partial charge on any atom is 0.254 e. The van der Waals surface area contributed by atoms with Crippen LogP contribution in [0.25, 0.3) is 0 Å². The number of hydrogen-bond donors (Lipinski definition) is 0. The Morgan fingerprint density at radius 2 is 2.00 bits per heavy atom. The second-order valence-electron chi connectivity index (χ2n) is 5.64. The fraction of sp³-hybridized carbons (Fsp3) is 0.375. The van der Waals surface area contributed by atoms with Crippen LogP contribution in [0.1, 0.15) is 34.9 Å². The Bertz CT molecular complexity index is 678. The lowest BCUT2D eigenvalue weighted by Crippen LogP contribution is -2.39. The fourth-order valence-corrected chi connectivity index (χ4v) is 3.00. The number of piperidine rings is 1. The van der Waals surface area contributed by atoms with Gasteiger partial charge in [-0.25, -0.2) is 13.8 Å². The zero-order valence-corrected chi connectivity index (χ0v) is 12.3. The highest BCUT2D eigenvalue weighted by Gasteiger charge is 2.27. The van der Waals surface area contributed by atoms with Gasteiger partial charge in [0.05, 0.1) is 0 Å². The van der Waals surface area contributed by atoms with E-state index in [0.29, 0.717) is 13.1 Å². The monoisotopic (exact) mass is 305 g/mol. The quantitative estimate of drug-likeness (QED) is 0.855. The minimum Gasteiger partial charge on any atom is -0.338 e. The van der Waals surface area contributed by atoms with Crippen LogP contribution in [-0.2, 0) is 7.05 Å². The van der Waals surface area contributed by atoms with Crippen LogP contribution in [-0.4, -0.2) is 33.4 Å². The van der Waals surface area contributed by atoms with Gasteiger partial charge >= 0.3 is 0 Å². The summed E-state index contributed by atoms with van der Waals surface area (Å²) in [5, 5.41) is 0. The molecule has 0 bridgehead atoms. The molecule has 2 aromatic rings. The predicted molar refractivity (Wildman–Crippen MR) is 77.4 cm³/mol. The molecule has 0 unspecified atom stereocenters. The molecule has 116 valence electrons. The fourth-order valence-electron chi connectivity index (χ4n) is 3.00. The average Bonchev–Trinajstić information content (AvgIpc) is 2.92. The summed E-state index contributed by atoms with van der Waals surface area (Å²) in [6.45, 7) is 1.11. The van der Waals surface area contributed by atoms with E-state index in [9.17, 15) is 13.6 Å². The number of aromatic nitrogens is 2. The summed E-state index contributed by atoms with van der Waals surface area (Å²) in [6, 6.07) is 2.93. The van der Waals surface area contributed by atoms with Crippen LogP contribution in [0.4, 0.5) is 8.78 Å². The zero-order valence-electron chi connectivity index (χ0n) is 12.3. The van der Waals surface area contributed by atoms with E-state index in [1.807, 2.05) is 17.8 Å². The number of aryl methyl sites for hydroxylation is 1. The van der Waals surface area contributed by atoms with E-state index in [0.717, 1.165) is 36.9 Å². The summed E-state index contributed by atoms with van der Waals surface area (Å²) in [5.74, 6) is -0.724. The van der Waals surface area contributed by atoms with Crippen LogP contribution in [0.3, 0.4) is 0 Å². The maximum absolute atomic E-state index is 13.3. The molecule has 1 saturated heterocycles. The van der Waals surface area contributed by atoms with Gasteiger partial charge in [0.1, 0.15) is 17.5 Å². The van der Waals surface area contributed by atoms with Crippen molar-refractivity contribution in [3.05, 3.63) is 53.6 Å². The van der Waals surface area contributed by atoms with Crippen LogP contribution in [0.5, 0.6) is 0 Å². The summed E-state index contributed by atoms with van der Waals surface area (Å²) in [6.07, 6.45) is 5.41. The first-order chi connectivity index (χ1) is 10.5. The van der Waals surface area contributed by atoms with Crippen LogP contribution < -0.4 is 0 Å². The van der Waals surface area contributed by atoms with Gasteiger partial charge < -0.3 is 9.47 Å². The number of carbonyl (C=O) groups excluding carboxylic acids is 1. The number of hydrogen-bond acceptors (Lipinski definition) is 2. The number of rotatable bonds is 2. The molecule has 1 fully saturated rings. The number of likely N-dealkylation sites (tertiary alicyclic amines) is 1. The standard InChI is InChI=1S/C16H17F2N3O/c1-20-6-4-19-15(20)11-3-2-5-21(10-11)16(22)12-7-13(17)9-14(18)8-12/h4,6-9,11H,2-3,5,10H2,1H3/t11-/m0/s1. The maximum atomic E-state index is 13.3. The second kappa shape index (κ2) is 5.87. The summed E-state index contributed by atoms with van der Waals surface area (Å²) in [7, 11) is 1.92. The molecule has 6 heteroatoms. The lowest BCUT2D eigenvalue weighted by Gasteiger charge is -2.32. The first-order valence-electron chi connectivity index (χ1n) is 7.27. The van der Waals surface area contributed by atoms with Crippen molar-refractivity contribution in [1.29, 1.82) is 0 Å². The summed E-state index contributed by atoms with van der Waals surface area (Å²) < 4.78 is 28.5. The molecule has 0 aliphatic carbocycles. The van der Waals surface area contributed by atoms with Gasteiger partial charge in [0, 0.05) is 50.1 Å². The number of amides is 1. The normalized spacial score (nSPS) is 18.5. The van der Waals surface area contributed by atoms with Crippen molar-refractivity contribution >= 4 is 5.91 Å². The van der Waals surface area contributed by atoms with Gasteiger partial charge in [0.2, 0.25) is 0 Å². The second-order valence-corrected chi connectivity index (χ2v) is 5.64. The largest absolute Gasteiger partial charge is 0.338 e. The topological polar surface area (TPSA) is 38.1 Å². The van der Waals surface area contributed by atoms with Crippen molar-refractivity contribution in [2.75, 3.05) is 13.1 Å². The van der Waals surface area contributed by atoms with E-state index in [1.165, 1.54) is 0 Å². The first-order valence-corrected chi connectivity index (χ1v) is 7.27. The highest BCUT2D eigenvalue weighted by molar-refractivity contribution is 5.94. The molecule has 0 radical (unpaired) electrons. The summed E-state index contributed by atoms with van der Waals surface area (Å²) >= 11 is 0. The van der Waals surface area contributed by atoms with Crippen LogP contribution in [0, 0.1) is 11.6 Å². The third-order valence-electron chi connectivity index (χ3n) is 4.04. The predicted octanol–water partition coefficient (Wildman–Crippen LogP) is 2.72. The van der Waals surface area contributed by atoms with Crippen molar-refractivity contribution < 1.29 is 13.6 Å². The van der Waals surface area contributed by atoms with Gasteiger partial charge in [0.25, 0.3) is 5.91 Å². The van der Waals surface area contributed by atoms with E-state index in [-0.39, 0.29) is 17.4 Å². The van der Waals surface area contributed by atoms with E-state index >= 15 is 0 Å². The molecular weight excluding hydrogens is 288 g/mol. The van der Waals surface area contributed by atoms with Crippen molar-refractivity contribution in [3.8, 4) is 0 Å². The molecule has 1 amide bonds. The van der Waals surface area contributed by atoms with Crippen LogP contribution in [0.15, 0.2) is 30.6 Å². The molecule has 1 aliphatic heterocycles. The molecule has 4 nitrogen and oxygen atoms in total. The van der Waals surface area contributed by atoms with Gasteiger partial charge in [-0.05, 0) is 25.0 Å². The van der Waals surface area contributed by atoms with Crippen molar-refractivity contribution in [2.24, 2.45) is 7.05 Å². The van der Waals surface area contributed by atoms with E-state index < -0.39 is 11.6 Å². The molecular formula is C16H17F2N3O. The molecule has 0 spiro atoms. The van der Waals surface area contributed by atoms with Gasteiger partial charge in [-0.1, -0.05) is 0 Å². The average molecular weight is 305 g/mol. The number of imidazole rings is 1. The van der Waals surface area contributed by atoms with Gasteiger partial charge in [0.15, 0.2) is 0 Å². The highest BCUT2D eigenvalue weighted by Crippen LogP contribution is 2.26. The Hall–Kier alpha value is -2.24. The summed E-state index contributed by atoms with van der Waals surface area (Å²) in [5.41, 5.74) is 0.0537. The SMILES string of the molecule is Cn1ccnc1[C@H]1CCCN(C(=O)c2cc(F)cc(F)c2)C1. The summed E-state index contributed by atoms with van der Waals surface area (Å²) in [4.78, 5) is 18.5. The molecule has 2 heterocycles. The molecule has 0 N–H and O–H groups in total. The molecule has 1 aromatic carbocycles. The lowest BCUT2D eigenvalue weighted by molar-refractivity contribution is 0.0702. The minimum absolute atomic E-state index is 0.0537. The van der Waals surface area contributed by atoms with Gasteiger partial charge in [-0.2, -0.15) is 0 Å². The zero-order chi connectivity index (χ0) is 15.7. The molecule has 22 heavy (non-hydrogen) atoms. The third-order valence-corrected chi connectivity index (χ3v) is 4.04. The van der Waals surface area contributed by atoms with Crippen molar-refractivity contribution in [3.63, 3.8) is 0 Å². The molecule has 1 aromatic heterocycles. The Balaban J connectivity index is 1.79. The Morgan fingerprint density at radius 1 is 1.27 bits per heavy atom. The number of halogens is 2. The van der Waals surface area contributed by atoms with Crippen LogP contribution in [0.2, 0.25) is 0 Å². The number of carbonyl (C=O) groups is 1. The Morgan fingerprint density at radius 3 is 2.64 bits per heavy atom. The smallest absolute Gasteiger partial charge is 0.254 e. The number of nitrogens with zero attached hydrogens (tertiary/aromatic N) is 3. The van der Waals surface area contributed by atoms with E-state index in [1.54, 1.807) is 11.1 Å². The first kappa shape index (κ1) is 14.7. The number of benzene rings is 1. The molecule has 1 atom stereocenters. The van der Waals surface area contributed by atoms with Gasteiger partial charge in [-0.15, -0.1) is 0 Å². The van der Waals surface area contributed by atoms with Gasteiger partial charge in [-0.3, -0.25) is 4.79 Å². The van der Waals surface area contributed by atoms with Crippen LogP contribution >= 0.6 is 0 Å². The third kappa shape index (κ3) is 2.86. The Labute approximate surface area is 127 Å². The van der Waals surface area contributed by atoms with E-state index in [4.69, 9.17) is 0 Å². The van der Waals surface area contributed by atoms with Crippen molar-refractivity contribution in [1.82, 2.24) is 14.5 Å². The van der Waals surface area contributed by atoms with E-state index in [2.05, 4.69) is 4.98 Å². The lowest BCUT2D eigenvalue weighted by atomic mass is 9.96. The Kier molecular flexibility index (Phi) is 3.92. The minimum atomic E-state index is -0.735. The molecule has 1 aliphatic rings. The highest BCUT2D eigenvalue weighted by atomic mass is 19.1. The molecule has 3 rings (SSSR count).